The zero-order chi connectivity index (χ0) is 16.6. The number of hydrogen-bond acceptors (Lipinski definition) is 4. The molecule has 0 saturated carbocycles. The predicted octanol–water partition coefficient (Wildman–Crippen LogP) is 3.98. The molecule has 122 valence electrons. The van der Waals surface area contributed by atoms with E-state index in [0.29, 0.717) is 16.0 Å². The molecule has 8 heteroatoms. The van der Waals surface area contributed by atoms with Crippen molar-refractivity contribution in [1.29, 1.82) is 0 Å². The van der Waals surface area contributed by atoms with Gasteiger partial charge in [-0.1, -0.05) is 22.0 Å². The van der Waals surface area contributed by atoms with E-state index in [9.17, 15) is 8.42 Å². The smallest absolute Gasteiger partial charge is 0.242 e. The molecule has 23 heavy (non-hydrogen) atoms. The number of hydrogen-bond donors (Lipinski definition) is 1. The zero-order valence-electron chi connectivity index (χ0n) is 12.0. The topological polar surface area (TPSA) is 64.6 Å². The molecule has 0 saturated heterocycles. The lowest BCUT2D eigenvalue weighted by molar-refractivity contribution is 0.174. The SMILES string of the molecule is CC(NS(=O)(=O)c1ccc(Br)cc1Br)c1ccc2c(c1)OCO2. The fraction of sp³-hybridized carbons (Fsp3) is 0.200. The van der Waals surface area contributed by atoms with Crippen molar-refractivity contribution >= 4 is 41.9 Å². The van der Waals surface area contributed by atoms with Gasteiger partial charge in [-0.15, -0.1) is 0 Å². The first-order valence-corrected chi connectivity index (χ1v) is 9.81. The van der Waals surface area contributed by atoms with Gasteiger partial charge in [-0.05, 0) is 58.7 Å². The fourth-order valence-corrected chi connectivity index (χ4v) is 5.22. The minimum absolute atomic E-state index is 0.185. The van der Waals surface area contributed by atoms with Crippen molar-refractivity contribution in [3.63, 3.8) is 0 Å². The zero-order valence-corrected chi connectivity index (χ0v) is 16.0. The van der Waals surface area contributed by atoms with Gasteiger partial charge in [0.2, 0.25) is 16.8 Å². The van der Waals surface area contributed by atoms with Crippen molar-refractivity contribution in [2.24, 2.45) is 0 Å². The first-order valence-electron chi connectivity index (χ1n) is 6.74. The second kappa shape index (κ2) is 6.43. The lowest BCUT2D eigenvalue weighted by atomic mass is 10.1. The summed E-state index contributed by atoms with van der Waals surface area (Å²) in [6.07, 6.45) is 0. The van der Waals surface area contributed by atoms with Gasteiger partial charge < -0.3 is 9.47 Å². The largest absolute Gasteiger partial charge is 0.454 e. The molecule has 2 aromatic carbocycles. The maximum Gasteiger partial charge on any atom is 0.242 e. The van der Waals surface area contributed by atoms with E-state index < -0.39 is 16.1 Å². The van der Waals surface area contributed by atoms with E-state index in [2.05, 4.69) is 36.6 Å². The Morgan fingerprint density at radius 1 is 1.09 bits per heavy atom. The Morgan fingerprint density at radius 2 is 1.83 bits per heavy atom. The quantitative estimate of drug-likeness (QED) is 0.746. The second-order valence-electron chi connectivity index (χ2n) is 5.03. The van der Waals surface area contributed by atoms with Crippen molar-refractivity contribution in [2.45, 2.75) is 17.9 Å². The van der Waals surface area contributed by atoms with Crippen LogP contribution in [0.2, 0.25) is 0 Å². The van der Waals surface area contributed by atoms with Crippen LogP contribution in [0.5, 0.6) is 11.5 Å². The summed E-state index contributed by atoms with van der Waals surface area (Å²) in [4.78, 5) is 0.188. The number of sulfonamides is 1. The highest BCUT2D eigenvalue weighted by Crippen LogP contribution is 2.34. The summed E-state index contributed by atoms with van der Waals surface area (Å²) in [6.45, 7) is 1.96. The molecule has 1 atom stereocenters. The molecule has 0 aromatic heterocycles. The van der Waals surface area contributed by atoms with E-state index in [1.807, 2.05) is 6.07 Å². The highest BCUT2D eigenvalue weighted by Gasteiger charge is 2.22. The second-order valence-corrected chi connectivity index (χ2v) is 8.48. The number of nitrogens with one attached hydrogen (secondary N) is 1. The van der Waals surface area contributed by atoms with Crippen LogP contribution in [0.3, 0.4) is 0 Å². The molecule has 2 aromatic rings. The molecule has 1 unspecified atom stereocenters. The molecule has 1 aliphatic rings. The molecular formula is C15H13Br2NO4S. The normalized spacial score (nSPS) is 14.7. The van der Waals surface area contributed by atoms with Crippen LogP contribution in [0.4, 0.5) is 0 Å². The van der Waals surface area contributed by atoms with Gasteiger partial charge in [0.05, 0.1) is 4.90 Å². The molecular weight excluding hydrogens is 450 g/mol. The van der Waals surface area contributed by atoms with Crippen molar-refractivity contribution in [1.82, 2.24) is 4.72 Å². The van der Waals surface area contributed by atoms with Crippen molar-refractivity contribution in [2.75, 3.05) is 6.79 Å². The Hall–Kier alpha value is -1.09. The van der Waals surface area contributed by atoms with Gasteiger partial charge in [-0.25, -0.2) is 13.1 Å². The third-order valence-electron chi connectivity index (χ3n) is 3.41. The van der Waals surface area contributed by atoms with Gasteiger partial charge >= 0.3 is 0 Å². The number of rotatable bonds is 4. The monoisotopic (exact) mass is 461 g/mol. The summed E-state index contributed by atoms with van der Waals surface area (Å²) < 4.78 is 39.7. The van der Waals surface area contributed by atoms with Gasteiger partial charge in [0, 0.05) is 15.0 Å². The summed E-state index contributed by atoms with van der Waals surface area (Å²) in [5.74, 6) is 1.29. The highest BCUT2D eigenvalue weighted by atomic mass is 79.9. The number of fused-ring (bicyclic) bond motifs is 1. The maximum atomic E-state index is 12.6. The lowest BCUT2D eigenvalue weighted by Crippen LogP contribution is -2.27. The predicted molar refractivity (Wildman–Crippen MR) is 93.1 cm³/mol. The third kappa shape index (κ3) is 3.55. The average molecular weight is 463 g/mol. The third-order valence-corrected chi connectivity index (χ3v) is 6.42. The first kappa shape index (κ1) is 16.8. The standard InChI is InChI=1S/C15H13Br2NO4S/c1-9(10-2-4-13-14(6-10)22-8-21-13)18-23(19,20)15-5-3-11(16)7-12(15)17/h2-7,9,18H,8H2,1H3. The summed E-state index contributed by atoms with van der Waals surface area (Å²) in [7, 11) is -3.66. The molecule has 0 spiro atoms. The van der Waals surface area contributed by atoms with Crippen LogP contribution in [0, 0.1) is 0 Å². The summed E-state index contributed by atoms with van der Waals surface area (Å²) in [6, 6.07) is 9.89. The summed E-state index contributed by atoms with van der Waals surface area (Å²) >= 11 is 6.59. The minimum Gasteiger partial charge on any atom is -0.454 e. The average Bonchev–Trinajstić information content (AvgIpc) is 2.93. The fourth-order valence-electron chi connectivity index (χ4n) is 2.24. The van der Waals surface area contributed by atoms with Crippen LogP contribution in [-0.2, 0) is 10.0 Å². The Morgan fingerprint density at radius 3 is 2.57 bits per heavy atom. The molecule has 3 rings (SSSR count). The van der Waals surface area contributed by atoms with Crippen LogP contribution >= 0.6 is 31.9 Å². The minimum atomic E-state index is -3.66. The number of ether oxygens (including phenoxy) is 2. The molecule has 0 fully saturated rings. The van der Waals surface area contributed by atoms with Gasteiger partial charge in [0.25, 0.3) is 0 Å². The molecule has 1 heterocycles. The Labute approximate surface area is 151 Å². The van der Waals surface area contributed by atoms with Gasteiger partial charge in [-0.3, -0.25) is 0 Å². The van der Waals surface area contributed by atoms with Crippen molar-refractivity contribution in [3.05, 3.63) is 50.9 Å². The van der Waals surface area contributed by atoms with Gasteiger partial charge in [0.15, 0.2) is 11.5 Å². The number of halogens is 2. The highest BCUT2D eigenvalue weighted by molar-refractivity contribution is 9.11. The van der Waals surface area contributed by atoms with E-state index in [1.54, 1.807) is 37.3 Å². The molecule has 1 N–H and O–H groups in total. The molecule has 0 bridgehead atoms. The van der Waals surface area contributed by atoms with E-state index in [-0.39, 0.29) is 11.7 Å². The maximum absolute atomic E-state index is 12.6. The van der Waals surface area contributed by atoms with E-state index >= 15 is 0 Å². The van der Waals surface area contributed by atoms with Crippen molar-refractivity contribution in [3.8, 4) is 11.5 Å². The Bertz CT molecular complexity index is 855. The van der Waals surface area contributed by atoms with E-state index in [4.69, 9.17) is 9.47 Å². The summed E-state index contributed by atoms with van der Waals surface area (Å²) in [5.41, 5.74) is 0.797. The number of benzene rings is 2. The van der Waals surface area contributed by atoms with Crippen LogP contribution in [-0.4, -0.2) is 15.2 Å². The Balaban J connectivity index is 1.85. The molecule has 0 aliphatic carbocycles. The van der Waals surface area contributed by atoms with Crippen LogP contribution in [0.15, 0.2) is 50.2 Å². The summed E-state index contributed by atoms with van der Waals surface area (Å²) in [5, 5.41) is 0. The van der Waals surface area contributed by atoms with E-state index in [0.717, 1.165) is 10.0 Å². The molecule has 1 aliphatic heterocycles. The molecule has 0 amide bonds. The Kier molecular flexibility index (Phi) is 4.68. The van der Waals surface area contributed by atoms with Crippen LogP contribution in [0.25, 0.3) is 0 Å². The van der Waals surface area contributed by atoms with Gasteiger partial charge in [-0.2, -0.15) is 0 Å². The van der Waals surface area contributed by atoms with Gasteiger partial charge in [0.1, 0.15) is 0 Å². The van der Waals surface area contributed by atoms with E-state index in [1.165, 1.54) is 0 Å². The van der Waals surface area contributed by atoms with Crippen LogP contribution < -0.4 is 14.2 Å². The molecule has 0 radical (unpaired) electrons. The molecule has 5 nitrogen and oxygen atoms in total. The van der Waals surface area contributed by atoms with Crippen LogP contribution in [0.1, 0.15) is 18.5 Å². The lowest BCUT2D eigenvalue weighted by Gasteiger charge is -2.16. The van der Waals surface area contributed by atoms with Crippen molar-refractivity contribution < 1.29 is 17.9 Å². The first-order chi connectivity index (χ1) is 10.9.